The van der Waals surface area contributed by atoms with Gasteiger partial charge in [0.25, 0.3) is 5.91 Å². The molecule has 2 rings (SSSR count). The molecule has 0 saturated heterocycles. The molecule has 2 aromatic rings. The first-order valence-corrected chi connectivity index (χ1v) is 6.75. The molecule has 3 N–H and O–H groups in total. The predicted molar refractivity (Wildman–Crippen MR) is 78.8 cm³/mol. The van der Waals surface area contributed by atoms with Gasteiger partial charge in [0.05, 0.1) is 6.54 Å². The lowest BCUT2D eigenvalue weighted by atomic mass is 10.2. The summed E-state index contributed by atoms with van der Waals surface area (Å²) in [5, 5.41) is 5.33. The van der Waals surface area contributed by atoms with Gasteiger partial charge in [-0.25, -0.2) is 4.98 Å². The molecule has 1 aromatic heterocycles. The molecule has 0 atom stereocenters. The van der Waals surface area contributed by atoms with Gasteiger partial charge in [0.1, 0.15) is 5.82 Å². The third kappa shape index (κ3) is 4.76. The average Bonchev–Trinajstić information content (AvgIpc) is 2.91. The number of aryl methyl sites for hydroxylation is 1. The van der Waals surface area contributed by atoms with Gasteiger partial charge in [0.15, 0.2) is 0 Å². The lowest BCUT2D eigenvalue weighted by Gasteiger charge is -2.06. The molecule has 0 aliphatic rings. The molecule has 0 radical (unpaired) electrons. The van der Waals surface area contributed by atoms with E-state index in [1.807, 2.05) is 13.0 Å². The standard InChI is InChI=1S/C15H18N4O2/c1-11-17-9-13(19-11)7-8-16-14(20)10-18-15(21)12-5-3-2-4-6-12/h2-6,9H,7-8,10H2,1H3,(H,16,20)(H,17,19)(H,18,21). The molecular formula is C15H18N4O2. The molecule has 0 aliphatic carbocycles. The van der Waals surface area contributed by atoms with Crippen LogP contribution in [-0.4, -0.2) is 34.9 Å². The number of nitrogens with zero attached hydrogens (tertiary/aromatic N) is 1. The van der Waals surface area contributed by atoms with Crippen LogP contribution in [0.2, 0.25) is 0 Å². The van der Waals surface area contributed by atoms with Crippen molar-refractivity contribution in [3.05, 3.63) is 53.6 Å². The smallest absolute Gasteiger partial charge is 0.251 e. The summed E-state index contributed by atoms with van der Waals surface area (Å²) in [5.41, 5.74) is 1.51. The Balaban J connectivity index is 1.67. The summed E-state index contributed by atoms with van der Waals surface area (Å²) in [7, 11) is 0. The summed E-state index contributed by atoms with van der Waals surface area (Å²) in [6.45, 7) is 2.35. The highest BCUT2D eigenvalue weighted by molar-refractivity contribution is 5.96. The van der Waals surface area contributed by atoms with Crippen LogP contribution in [0, 0.1) is 6.92 Å². The maximum absolute atomic E-state index is 11.7. The zero-order valence-corrected chi connectivity index (χ0v) is 11.8. The molecule has 0 unspecified atom stereocenters. The summed E-state index contributed by atoms with van der Waals surface area (Å²) in [5.74, 6) is 0.386. The molecule has 0 saturated carbocycles. The van der Waals surface area contributed by atoms with Gasteiger partial charge in [-0.3, -0.25) is 9.59 Å². The lowest BCUT2D eigenvalue weighted by Crippen LogP contribution is -2.37. The molecule has 1 heterocycles. The minimum absolute atomic E-state index is 0.0320. The third-order valence-corrected chi connectivity index (χ3v) is 2.92. The van der Waals surface area contributed by atoms with Gasteiger partial charge in [-0.2, -0.15) is 0 Å². The Morgan fingerprint density at radius 2 is 1.95 bits per heavy atom. The maximum Gasteiger partial charge on any atom is 0.251 e. The SMILES string of the molecule is Cc1ncc(CCNC(=O)CNC(=O)c2ccccc2)[nH]1. The summed E-state index contributed by atoms with van der Waals surface area (Å²) in [4.78, 5) is 30.5. The number of carbonyl (C=O) groups excluding carboxylic acids is 2. The largest absolute Gasteiger partial charge is 0.354 e. The van der Waals surface area contributed by atoms with E-state index in [0.717, 1.165) is 11.5 Å². The first kappa shape index (κ1) is 14.8. The Morgan fingerprint density at radius 3 is 2.62 bits per heavy atom. The van der Waals surface area contributed by atoms with Crippen molar-refractivity contribution in [1.82, 2.24) is 20.6 Å². The number of amides is 2. The molecule has 110 valence electrons. The van der Waals surface area contributed by atoms with Gasteiger partial charge in [-0.1, -0.05) is 18.2 Å². The Labute approximate surface area is 123 Å². The van der Waals surface area contributed by atoms with Gasteiger partial charge in [-0.05, 0) is 19.1 Å². The summed E-state index contributed by atoms with van der Waals surface area (Å²) in [6.07, 6.45) is 2.43. The highest BCUT2D eigenvalue weighted by atomic mass is 16.2. The van der Waals surface area contributed by atoms with Crippen LogP contribution < -0.4 is 10.6 Å². The van der Waals surface area contributed by atoms with Crippen molar-refractivity contribution in [2.45, 2.75) is 13.3 Å². The van der Waals surface area contributed by atoms with Crippen LogP contribution in [0.25, 0.3) is 0 Å². The van der Waals surface area contributed by atoms with Crippen molar-refractivity contribution in [2.75, 3.05) is 13.1 Å². The van der Waals surface area contributed by atoms with E-state index in [1.54, 1.807) is 30.5 Å². The van der Waals surface area contributed by atoms with Crippen LogP contribution in [0.3, 0.4) is 0 Å². The predicted octanol–water partition coefficient (Wildman–Crippen LogP) is 0.807. The molecule has 0 spiro atoms. The Kier molecular flexibility index (Phi) is 5.09. The highest BCUT2D eigenvalue weighted by Gasteiger charge is 2.07. The number of hydrogen-bond donors (Lipinski definition) is 3. The first-order valence-electron chi connectivity index (χ1n) is 6.75. The van der Waals surface area contributed by atoms with Crippen LogP contribution in [0.1, 0.15) is 21.9 Å². The second-order valence-corrected chi connectivity index (χ2v) is 4.64. The summed E-state index contributed by atoms with van der Waals surface area (Å²) < 4.78 is 0. The normalized spacial score (nSPS) is 10.1. The van der Waals surface area contributed by atoms with E-state index < -0.39 is 0 Å². The van der Waals surface area contributed by atoms with Gasteiger partial charge < -0.3 is 15.6 Å². The minimum Gasteiger partial charge on any atom is -0.354 e. The molecule has 1 aromatic carbocycles. The minimum atomic E-state index is -0.255. The quantitative estimate of drug-likeness (QED) is 0.734. The van der Waals surface area contributed by atoms with Gasteiger partial charge in [0, 0.05) is 30.4 Å². The average molecular weight is 286 g/mol. The van der Waals surface area contributed by atoms with Crippen molar-refractivity contribution < 1.29 is 9.59 Å². The zero-order chi connectivity index (χ0) is 15.1. The van der Waals surface area contributed by atoms with E-state index in [1.165, 1.54) is 0 Å². The number of nitrogens with one attached hydrogen (secondary N) is 3. The fourth-order valence-electron chi connectivity index (χ4n) is 1.85. The van der Waals surface area contributed by atoms with Crippen LogP contribution in [0.4, 0.5) is 0 Å². The zero-order valence-electron chi connectivity index (χ0n) is 11.8. The highest BCUT2D eigenvalue weighted by Crippen LogP contribution is 1.97. The Morgan fingerprint density at radius 1 is 1.19 bits per heavy atom. The molecule has 21 heavy (non-hydrogen) atoms. The second-order valence-electron chi connectivity index (χ2n) is 4.64. The van der Waals surface area contributed by atoms with E-state index in [9.17, 15) is 9.59 Å². The van der Waals surface area contributed by atoms with Crippen molar-refractivity contribution in [2.24, 2.45) is 0 Å². The maximum atomic E-state index is 11.7. The fourth-order valence-corrected chi connectivity index (χ4v) is 1.85. The van der Waals surface area contributed by atoms with Crippen LogP contribution in [-0.2, 0) is 11.2 Å². The lowest BCUT2D eigenvalue weighted by molar-refractivity contribution is -0.120. The van der Waals surface area contributed by atoms with E-state index in [2.05, 4.69) is 20.6 Å². The fraction of sp³-hybridized carbons (Fsp3) is 0.267. The number of imidazole rings is 1. The van der Waals surface area contributed by atoms with Crippen molar-refractivity contribution in [1.29, 1.82) is 0 Å². The van der Waals surface area contributed by atoms with Crippen LogP contribution in [0.15, 0.2) is 36.5 Å². The summed E-state index contributed by atoms with van der Waals surface area (Å²) >= 11 is 0. The number of hydrogen-bond acceptors (Lipinski definition) is 3. The van der Waals surface area contributed by atoms with Gasteiger partial charge in [-0.15, -0.1) is 0 Å². The van der Waals surface area contributed by atoms with Gasteiger partial charge in [0.2, 0.25) is 5.91 Å². The Hall–Kier alpha value is -2.63. The number of benzene rings is 1. The van der Waals surface area contributed by atoms with E-state index >= 15 is 0 Å². The molecule has 6 nitrogen and oxygen atoms in total. The first-order chi connectivity index (χ1) is 10.1. The van der Waals surface area contributed by atoms with Crippen molar-refractivity contribution in [3.63, 3.8) is 0 Å². The third-order valence-electron chi connectivity index (χ3n) is 2.92. The van der Waals surface area contributed by atoms with E-state index in [4.69, 9.17) is 0 Å². The number of H-pyrrole nitrogens is 1. The molecule has 0 bridgehead atoms. The molecule has 0 aliphatic heterocycles. The van der Waals surface area contributed by atoms with Crippen molar-refractivity contribution >= 4 is 11.8 Å². The van der Waals surface area contributed by atoms with E-state index in [0.29, 0.717) is 18.5 Å². The monoisotopic (exact) mass is 286 g/mol. The van der Waals surface area contributed by atoms with Crippen molar-refractivity contribution in [3.8, 4) is 0 Å². The van der Waals surface area contributed by atoms with Crippen LogP contribution >= 0.6 is 0 Å². The number of aromatic nitrogens is 2. The topological polar surface area (TPSA) is 86.9 Å². The molecular weight excluding hydrogens is 268 g/mol. The number of rotatable bonds is 6. The second kappa shape index (κ2) is 7.23. The van der Waals surface area contributed by atoms with E-state index in [-0.39, 0.29) is 18.4 Å². The molecule has 0 fully saturated rings. The number of carbonyl (C=O) groups is 2. The molecule has 2 amide bonds. The number of aromatic amines is 1. The Bertz CT molecular complexity index is 607. The summed E-state index contributed by atoms with van der Waals surface area (Å²) in [6, 6.07) is 8.80. The molecule has 6 heteroatoms. The van der Waals surface area contributed by atoms with Crippen LogP contribution in [0.5, 0.6) is 0 Å². The van der Waals surface area contributed by atoms with Gasteiger partial charge >= 0.3 is 0 Å².